The minimum Gasteiger partial charge on any atom is -0.507 e. The van der Waals surface area contributed by atoms with Gasteiger partial charge in [0.2, 0.25) is 0 Å². The van der Waals surface area contributed by atoms with E-state index in [0.717, 1.165) is 0 Å². The zero-order chi connectivity index (χ0) is 10.2. The maximum absolute atomic E-state index is 12.6. The number of phenolic OH excluding ortho intramolecular Hbond substituents is 1. The van der Waals surface area contributed by atoms with Crippen molar-refractivity contribution in [3.8, 4) is 5.75 Å². The number of nitrogen functional groups attached to an aromatic ring is 1. The molecule has 0 saturated heterocycles. The zero-order valence-electron chi connectivity index (χ0n) is 6.19. The van der Waals surface area contributed by atoms with Crippen LogP contribution in [0.3, 0.4) is 0 Å². The number of rotatable bonds is 0. The molecule has 0 amide bonds. The van der Waals surface area contributed by atoms with Crippen LogP contribution in [0.25, 0.3) is 0 Å². The third-order valence-corrected chi connectivity index (χ3v) is 1.38. The monoisotopic (exact) mass is 195 g/mol. The molecule has 0 aromatic heterocycles. The van der Waals surface area contributed by atoms with Crippen LogP contribution in [0.1, 0.15) is 5.56 Å². The molecule has 1 aromatic carbocycles. The van der Waals surface area contributed by atoms with Gasteiger partial charge < -0.3 is 10.8 Å². The molecule has 6 heteroatoms. The molecule has 0 fully saturated rings. The van der Waals surface area contributed by atoms with Crippen molar-refractivity contribution in [3.05, 3.63) is 23.5 Å². The van der Waals surface area contributed by atoms with E-state index in [4.69, 9.17) is 10.8 Å². The summed E-state index contributed by atoms with van der Waals surface area (Å²) < 4.78 is 48.6. The van der Waals surface area contributed by atoms with Crippen molar-refractivity contribution in [2.75, 3.05) is 5.73 Å². The van der Waals surface area contributed by atoms with Gasteiger partial charge in [0.1, 0.15) is 17.1 Å². The van der Waals surface area contributed by atoms with Crippen LogP contribution in [-0.2, 0) is 6.18 Å². The first kappa shape index (κ1) is 9.63. The predicted molar refractivity (Wildman–Crippen MR) is 37.5 cm³/mol. The summed E-state index contributed by atoms with van der Waals surface area (Å²) >= 11 is 0. The number of halogens is 4. The Kier molecular flexibility index (Phi) is 2.07. The van der Waals surface area contributed by atoms with E-state index in [2.05, 4.69) is 0 Å². The van der Waals surface area contributed by atoms with Gasteiger partial charge in [-0.3, -0.25) is 0 Å². The smallest absolute Gasteiger partial charge is 0.422 e. The van der Waals surface area contributed by atoms with Crippen LogP contribution in [0.5, 0.6) is 5.75 Å². The van der Waals surface area contributed by atoms with Crippen LogP contribution in [0.2, 0.25) is 0 Å². The Morgan fingerprint density at radius 1 is 1.23 bits per heavy atom. The third kappa shape index (κ3) is 1.82. The molecule has 0 saturated carbocycles. The van der Waals surface area contributed by atoms with Gasteiger partial charge >= 0.3 is 6.18 Å². The molecule has 0 bridgehead atoms. The molecule has 13 heavy (non-hydrogen) atoms. The summed E-state index contributed by atoms with van der Waals surface area (Å²) in [5, 5.41) is 8.77. The SMILES string of the molecule is Nc1cc(O)c(C(F)(F)F)c(F)c1. The normalized spacial score (nSPS) is 11.7. The number of phenols is 1. The van der Waals surface area contributed by atoms with E-state index in [1.807, 2.05) is 0 Å². The van der Waals surface area contributed by atoms with E-state index in [1.165, 1.54) is 0 Å². The fraction of sp³-hybridized carbons (Fsp3) is 0.143. The molecule has 72 valence electrons. The molecule has 3 N–H and O–H groups in total. The van der Waals surface area contributed by atoms with Gasteiger partial charge in [-0.2, -0.15) is 13.2 Å². The van der Waals surface area contributed by atoms with E-state index >= 15 is 0 Å². The van der Waals surface area contributed by atoms with Crippen LogP contribution in [0.15, 0.2) is 12.1 Å². The number of nitrogens with two attached hydrogens (primary N) is 1. The van der Waals surface area contributed by atoms with Gasteiger partial charge in [0.25, 0.3) is 0 Å². The number of benzene rings is 1. The molecule has 2 nitrogen and oxygen atoms in total. The lowest BCUT2D eigenvalue weighted by molar-refractivity contribution is -0.141. The first-order chi connectivity index (χ1) is 5.82. The summed E-state index contributed by atoms with van der Waals surface area (Å²) in [7, 11) is 0. The lowest BCUT2D eigenvalue weighted by Gasteiger charge is -2.10. The Balaban J connectivity index is 3.38. The number of aromatic hydroxyl groups is 1. The highest BCUT2D eigenvalue weighted by atomic mass is 19.4. The summed E-state index contributed by atoms with van der Waals surface area (Å²) in [6, 6.07) is 1.15. The molecule has 0 spiro atoms. The van der Waals surface area contributed by atoms with Gasteiger partial charge in [-0.1, -0.05) is 0 Å². The lowest BCUT2D eigenvalue weighted by Crippen LogP contribution is -2.09. The molecule has 1 aromatic rings. The number of alkyl halides is 3. The third-order valence-electron chi connectivity index (χ3n) is 1.38. The van der Waals surface area contributed by atoms with Gasteiger partial charge in [0, 0.05) is 11.8 Å². The highest BCUT2D eigenvalue weighted by molar-refractivity contribution is 5.49. The molecule has 0 heterocycles. The van der Waals surface area contributed by atoms with Gasteiger partial charge in [0.15, 0.2) is 0 Å². The van der Waals surface area contributed by atoms with Crippen LogP contribution in [0, 0.1) is 5.82 Å². The summed E-state index contributed by atoms with van der Waals surface area (Å²) in [6.45, 7) is 0. The summed E-state index contributed by atoms with van der Waals surface area (Å²) in [6.07, 6.45) is -4.91. The Bertz CT molecular complexity index is 311. The zero-order valence-corrected chi connectivity index (χ0v) is 6.19. The first-order valence-corrected chi connectivity index (χ1v) is 3.17. The molecule has 0 atom stereocenters. The minimum atomic E-state index is -4.91. The van der Waals surface area contributed by atoms with Crippen molar-refractivity contribution < 1.29 is 22.7 Å². The van der Waals surface area contributed by atoms with Crippen LogP contribution in [-0.4, -0.2) is 5.11 Å². The molecule has 0 unspecified atom stereocenters. The Labute approximate surface area is 70.6 Å². The Hall–Kier alpha value is -1.46. The predicted octanol–water partition coefficient (Wildman–Crippen LogP) is 2.13. The van der Waals surface area contributed by atoms with E-state index in [-0.39, 0.29) is 5.69 Å². The second-order valence-electron chi connectivity index (χ2n) is 2.39. The van der Waals surface area contributed by atoms with Crippen molar-refractivity contribution in [3.63, 3.8) is 0 Å². The van der Waals surface area contributed by atoms with Crippen molar-refractivity contribution in [1.29, 1.82) is 0 Å². The minimum absolute atomic E-state index is 0.261. The average Bonchev–Trinajstić information content (AvgIpc) is 1.78. The molecule has 1 rings (SSSR count). The largest absolute Gasteiger partial charge is 0.507 e. The van der Waals surface area contributed by atoms with Crippen LogP contribution < -0.4 is 5.73 Å². The van der Waals surface area contributed by atoms with Crippen molar-refractivity contribution >= 4 is 5.69 Å². The lowest BCUT2D eigenvalue weighted by atomic mass is 10.1. The fourth-order valence-corrected chi connectivity index (χ4v) is 0.893. The molecular weight excluding hydrogens is 190 g/mol. The number of hydrogen-bond donors (Lipinski definition) is 2. The maximum Gasteiger partial charge on any atom is 0.422 e. The van der Waals surface area contributed by atoms with Crippen molar-refractivity contribution in [1.82, 2.24) is 0 Å². The van der Waals surface area contributed by atoms with E-state index in [9.17, 15) is 17.6 Å². The van der Waals surface area contributed by atoms with E-state index in [1.54, 1.807) is 0 Å². The topological polar surface area (TPSA) is 46.2 Å². The van der Waals surface area contributed by atoms with E-state index < -0.39 is 23.3 Å². The summed E-state index contributed by atoms with van der Waals surface area (Å²) in [5.74, 6) is -2.78. The van der Waals surface area contributed by atoms with Crippen molar-refractivity contribution in [2.24, 2.45) is 0 Å². The maximum atomic E-state index is 12.6. The van der Waals surface area contributed by atoms with Gasteiger partial charge in [-0.05, 0) is 6.07 Å². The second kappa shape index (κ2) is 2.79. The second-order valence-corrected chi connectivity index (χ2v) is 2.39. The standard InChI is InChI=1S/C7H5F4NO/c8-4-1-3(12)2-5(13)6(4)7(9,10)11/h1-2,13H,12H2. The molecule has 0 aliphatic rings. The van der Waals surface area contributed by atoms with Crippen molar-refractivity contribution in [2.45, 2.75) is 6.18 Å². The highest BCUT2D eigenvalue weighted by Crippen LogP contribution is 2.38. The summed E-state index contributed by atoms with van der Waals surface area (Å²) in [4.78, 5) is 0. The fourth-order valence-electron chi connectivity index (χ4n) is 0.893. The molecule has 0 aliphatic heterocycles. The average molecular weight is 195 g/mol. The summed E-state index contributed by atoms with van der Waals surface area (Å²) in [5.41, 5.74) is 3.05. The quantitative estimate of drug-likeness (QED) is 0.492. The number of hydrogen-bond acceptors (Lipinski definition) is 2. The van der Waals surface area contributed by atoms with Gasteiger partial charge in [-0.15, -0.1) is 0 Å². The van der Waals surface area contributed by atoms with Crippen LogP contribution in [0.4, 0.5) is 23.2 Å². The molecule has 0 radical (unpaired) electrons. The Morgan fingerprint density at radius 3 is 2.15 bits per heavy atom. The Morgan fingerprint density at radius 2 is 1.77 bits per heavy atom. The molecular formula is C7H5F4NO. The van der Waals surface area contributed by atoms with Gasteiger partial charge in [0.05, 0.1) is 0 Å². The van der Waals surface area contributed by atoms with E-state index in [0.29, 0.717) is 12.1 Å². The first-order valence-electron chi connectivity index (χ1n) is 3.17. The highest BCUT2D eigenvalue weighted by Gasteiger charge is 2.37. The van der Waals surface area contributed by atoms with Gasteiger partial charge in [-0.25, -0.2) is 4.39 Å². The van der Waals surface area contributed by atoms with Crippen LogP contribution >= 0.6 is 0 Å². The number of anilines is 1. The molecule has 0 aliphatic carbocycles.